The van der Waals surface area contributed by atoms with Gasteiger partial charge in [0, 0.05) is 23.2 Å². The highest BCUT2D eigenvalue weighted by Gasteiger charge is 2.40. The number of carbonyl (C=O) groups excluding carboxylic acids is 4. The maximum absolute atomic E-state index is 12.8. The molecule has 8 nitrogen and oxygen atoms in total. The predicted octanol–water partition coefficient (Wildman–Crippen LogP) is 2.98. The number of hydrogen-bond acceptors (Lipinski definition) is 5. The number of urea groups is 1. The number of thiophene rings is 1. The first kappa shape index (κ1) is 20.2. The molecule has 9 heteroatoms. The van der Waals surface area contributed by atoms with Crippen molar-refractivity contribution >= 4 is 51.5 Å². The van der Waals surface area contributed by atoms with Crippen molar-refractivity contribution in [2.24, 2.45) is 0 Å². The Morgan fingerprint density at radius 2 is 1.94 bits per heavy atom. The molecule has 1 unspecified atom stereocenters. The first-order chi connectivity index (χ1) is 15.5. The Labute approximate surface area is 187 Å². The molecule has 3 heterocycles. The third-order valence-corrected chi connectivity index (χ3v) is 6.87. The summed E-state index contributed by atoms with van der Waals surface area (Å²) in [4.78, 5) is 51.7. The van der Waals surface area contributed by atoms with Crippen molar-refractivity contribution < 1.29 is 19.2 Å². The van der Waals surface area contributed by atoms with Crippen molar-refractivity contribution in [1.82, 2.24) is 15.5 Å². The molecule has 1 fully saturated rings. The van der Waals surface area contributed by atoms with E-state index in [1.807, 2.05) is 48.5 Å². The summed E-state index contributed by atoms with van der Waals surface area (Å²) in [5.41, 5.74) is 1.57. The van der Waals surface area contributed by atoms with Gasteiger partial charge < -0.3 is 15.5 Å². The molecular formula is C23H20N4O4S. The van der Waals surface area contributed by atoms with Gasteiger partial charge in [0.05, 0.1) is 17.1 Å². The molecule has 2 aliphatic heterocycles. The molecule has 1 saturated heterocycles. The van der Waals surface area contributed by atoms with Gasteiger partial charge in [0.15, 0.2) is 0 Å². The molecule has 2 aromatic carbocycles. The van der Waals surface area contributed by atoms with Gasteiger partial charge in [-0.15, -0.1) is 11.3 Å². The van der Waals surface area contributed by atoms with Crippen LogP contribution in [-0.4, -0.2) is 34.7 Å². The van der Waals surface area contributed by atoms with Gasteiger partial charge in [-0.25, -0.2) is 4.79 Å². The number of nitrogens with zero attached hydrogens (tertiary/aromatic N) is 1. The number of benzene rings is 2. The average molecular weight is 449 g/mol. The Kier molecular flexibility index (Phi) is 5.10. The van der Waals surface area contributed by atoms with Crippen LogP contribution in [0.3, 0.4) is 0 Å². The van der Waals surface area contributed by atoms with E-state index in [2.05, 4.69) is 16.0 Å². The molecule has 3 aromatic rings. The second-order valence-electron chi connectivity index (χ2n) is 7.80. The number of fused-ring (bicyclic) bond motifs is 2. The van der Waals surface area contributed by atoms with E-state index in [0.29, 0.717) is 24.4 Å². The van der Waals surface area contributed by atoms with E-state index in [-0.39, 0.29) is 24.3 Å². The maximum Gasteiger partial charge on any atom is 0.319 e. The molecule has 2 aliphatic rings. The molecule has 5 rings (SSSR count). The van der Waals surface area contributed by atoms with Crippen LogP contribution in [0.1, 0.15) is 33.0 Å². The van der Waals surface area contributed by atoms with Gasteiger partial charge in [-0.05, 0) is 29.5 Å². The van der Waals surface area contributed by atoms with Gasteiger partial charge in [-0.1, -0.05) is 36.4 Å². The molecule has 32 heavy (non-hydrogen) atoms. The Hall–Kier alpha value is -3.72. The zero-order valence-corrected chi connectivity index (χ0v) is 17.8. The van der Waals surface area contributed by atoms with Crippen molar-refractivity contribution in [2.75, 3.05) is 5.32 Å². The van der Waals surface area contributed by atoms with Gasteiger partial charge in [-0.2, -0.15) is 0 Å². The van der Waals surface area contributed by atoms with Crippen LogP contribution in [0.15, 0.2) is 48.5 Å². The third-order valence-electron chi connectivity index (χ3n) is 5.70. The van der Waals surface area contributed by atoms with Crippen LogP contribution in [0.2, 0.25) is 0 Å². The minimum absolute atomic E-state index is 0.203. The highest BCUT2D eigenvalue weighted by Crippen LogP contribution is 2.33. The lowest BCUT2D eigenvalue weighted by Gasteiger charge is -2.29. The number of piperidine rings is 1. The molecule has 5 amide bonds. The fourth-order valence-electron chi connectivity index (χ4n) is 4.16. The van der Waals surface area contributed by atoms with Crippen LogP contribution in [0.5, 0.6) is 0 Å². The number of nitrogens with one attached hydrogen (secondary N) is 3. The van der Waals surface area contributed by atoms with Crippen LogP contribution >= 0.6 is 11.3 Å². The summed E-state index contributed by atoms with van der Waals surface area (Å²) in [6, 6.07) is 14.5. The van der Waals surface area contributed by atoms with Crippen molar-refractivity contribution in [1.29, 1.82) is 0 Å². The van der Waals surface area contributed by atoms with E-state index in [1.165, 1.54) is 16.2 Å². The van der Waals surface area contributed by atoms with Crippen LogP contribution in [-0.2, 0) is 22.7 Å². The summed E-state index contributed by atoms with van der Waals surface area (Å²) in [5.74, 6) is -0.925. The Morgan fingerprint density at radius 3 is 2.75 bits per heavy atom. The molecular weight excluding hydrogens is 428 g/mol. The van der Waals surface area contributed by atoms with Gasteiger partial charge >= 0.3 is 6.03 Å². The van der Waals surface area contributed by atoms with Crippen LogP contribution in [0, 0.1) is 0 Å². The predicted molar refractivity (Wildman–Crippen MR) is 120 cm³/mol. The fraction of sp³-hybridized carbons (Fsp3) is 0.217. The molecule has 0 saturated carbocycles. The van der Waals surface area contributed by atoms with Gasteiger partial charge in [0.25, 0.3) is 5.91 Å². The summed E-state index contributed by atoms with van der Waals surface area (Å²) in [6.07, 6.45) is 0.572. The second kappa shape index (κ2) is 8.08. The van der Waals surface area contributed by atoms with Crippen molar-refractivity contribution in [3.63, 3.8) is 0 Å². The standard InChI is InChI=1S/C23H20N4O4S/c28-19-9-8-18(21(29)26-19)27-12-14-10-15(32-20(14)22(27)30)11-24-23(31)25-17-7-3-5-13-4-1-2-6-16(13)17/h1-7,10,18H,8-9,11-12H2,(H2,24,25,31)(H,26,28,29). The number of rotatable bonds is 4. The Bertz CT molecular complexity index is 1260. The highest BCUT2D eigenvalue weighted by molar-refractivity contribution is 7.14. The van der Waals surface area contributed by atoms with Gasteiger partial charge in [-0.3, -0.25) is 19.7 Å². The Morgan fingerprint density at radius 1 is 1.12 bits per heavy atom. The van der Waals surface area contributed by atoms with E-state index in [4.69, 9.17) is 0 Å². The van der Waals surface area contributed by atoms with Crippen LogP contribution in [0.25, 0.3) is 10.8 Å². The summed E-state index contributed by atoms with van der Waals surface area (Å²) in [5, 5.41) is 10.0. The lowest BCUT2D eigenvalue weighted by atomic mass is 10.0. The number of carbonyl (C=O) groups is 4. The molecule has 0 spiro atoms. The van der Waals surface area contributed by atoms with Gasteiger partial charge in [0.2, 0.25) is 11.8 Å². The molecule has 0 bridgehead atoms. The lowest BCUT2D eigenvalue weighted by molar-refractivity contribution is -0.136. The van der Waals surface area contributed by atoms with Crippen LogP contribution < -0.4 is 16.0 Å². The van der Waals surface area contributed by atoms with Crippen molar-refractivity contribution in [3.8, 4) is 0 Å². The van der Waals surface area contributed by atoms with Crippen LogP contribution in [0.4, 0.5) is 10.5 Å². The first-order valence-corrected chi connectivity index (χ1v) is 11.1. The zero-order chi connectivity index (χ0) is 22.2. The molecule has 1 atom stereocenters. The summed E-state index contributed by atoms with van der Waals surface area (Å²) < 4.78 is 0. The first-order valence-electron chi connectivity index (χ1n) is 10.3. The lowest BCUT2D eigenvalue weighted by Crippen LogP contribution is -2.52. The maximum atomic E-state index is 12.8. The van der Waals surface area contributed by atoms with Crippen molar-refractivity contribution in [3.05, 3.63) is 63.8 Å². The normalized spacial score (nSPS) is 17.9. The molecule has 0 aliphatic carbocycles. The zero-order valence-electron chi connectivity index (χ0n) is 17.0. The van der Waals surface area contributed by atoms with Gasteiger partial charge in [0.1, 0.15) is 6.04 Å². The fourth-order valence-corrected chi connectivity index (χ4v) is 5.22. The number of hydrogen-bond donors (Lipinski definition) is 3. The summed E-state index contributed by atoms with van der Waals surface area (Å²) in [7, 11) is 0. The Balaban J connectivity index is 1.21. The number of anilines is 1. The largest absolute Gasteiger partial charge is 0.333 e. The second-order valence-corrected chi connectivity index (χ2v) is 8.94. The summed E-state index contributed by atoms with van der Waals surface area (Å²) in [6.45, 7) is 0.624. The average Bonchev–Trinajstić information content (AvgIpc) is 3.31. The molecule has 0 radical (unpaired) electrons. The molecule has 162 valence electrons. The number of imide groups is 1. The van der Waals surface area contributed by atoms with E-state index >= 15 is 0 Å². The minimum atomic E-state index is -0.618. The smallest absolute Gasteiger partial charge is 0.319 e. The molecule has 3 N–H and O–H groups in total. The quantitative estimate of drug-likeness (QED) is 0.533. The third kappa shape index (κ3) is 3.71. The van der Waals surface area contributed by atoms with E-state index in [9.17, 15) is 19.2 Å². The SMILES string of the molecule is O=C1CCC(N2Cc3cc(CNC(=O)Nc4cccc5ccccc45)sc3C2=O)C(=O)N1. The highest BCUT2D eigenvalue weighted by atomic mass is 32.1. The van der Waals surface area contributed by atoms with E-state index in [1.54, 1.807) is 0 Å². The number of amides is 5. The minimum Gasteiger partial charge on any atom is -0.333 e. The monoisotopic (exact) mass is 448 g/mol. The van der Waals surface area contributed by atoms with E-state index in [0.717, 1.165) is 26.9 Å². The topological polar surface area (TPSA) is 108 Å². The summed E-state index contributed by atoms with van der Waals surface area (Å²) >= 11 is 1.32. The molecule has 1 aromatic heterocycles. The van der Waals surface area contributed by atoms with E-state index < -0.39 is 11.9 Å². The van der Waals surface area contributed by atoms with Crippen molar-refractivity contribution in [2.45, 2.75) is 32.0 Å².